The third-order valence-corrected chi connectivity index (χ3v) is 6.23. The van der Waals surface area contributed by atoms with Gasteiger partial charge in [-0.05, 0) is 64.8 Å². The Bertz CT molecular complexity index is 671. The van der Waals surface area contributed by atoms with E-state index in [2.05, 4.69) is 23.3 Å². The molecule has 2 fully saturated rings. The summed E-state index contributed by atoms with van der Waals surface area (Å²) in [5.74, 6) is 0.427. The molecule has 2 saturated heterocycles. The molecular weight excluding hydrogens is 340 g/mol. The fraction of sp³-hybridized carbons (Fsp3) is 0.714. The second-order valence-corrected chi connectivity index (χ2v) is 8.81. The van der Waals surface area contributed by atoms with Crippen molar-refractivity contribution in [2.75, 3.05) is 46.8 Å². The number of likely N-dealkylation sites (N-methyl/N-ethyl adjacent to an activating group) is 1. The van der Waals surface area contributed by atoms with Gasteiger partial charge in [-0.1, -0.05) is 0 Å². The molecule has 0 saturated carbocycles. The molecule has 0 aliphatic carbocycles. The average Bonchev–Trinajstić information content (AvgIpc) is 3.13. The van der Waals surface area contributed by atoms with Crippen molar-refractivity contribution >= 4 is 11.8 Å². The van der Waals surface area contributed by atoms with Crippen LogP contribution in [-0.2, 0) is 4.79 Å². The highest BCUT2D eigenvalue weighted by atomic mass is 16.2. The van der Waals surface area contributed by atoms with Crippen LogP contribution < -0.4 is 0 Å². The smallest absolute Gasteiger partial charge is 0.270 e. The van der Waals surface area contributed by atoms with E-state index >= 15 is 0 Å². The highest BCUT2D eigenvalue weighted by molar-refractivity contribution is 5.93. The van der Waals surface area contributed by atoms with Crippen LogP contribution in [0, 0.1) is 5.41 Å². The predicted molar refractivity (Wildman–Crippen MR) is 107 cm³/mol. The van der Waals surface area contributed by atoms with E-state index in [-0.39, 0.29) is 23.3 Å². The van der Waals surface area contributed by atoms with Crippen molar-refractivity contribution in [3.8, 4) is 0 Å². The monoisotopic (exact) mass is 374 g/mol. The lowest BCUT2D eigenvalue weighted by atomic mass is 9.72. The summed E-state index contributed by atoms with van der Waals surface area (Å²) in [6.07, 6.45) is 5.59. The Morgan fingerprint density at radius 1 is 1.22 bits per heavy atom. The van der Waals surface area contributed by atoms with E-state index in [9.17, 15) is 9.59 Å². The third kappa shape index (κ3) is 4.37. The van der Waals surface area contributed by atoms with Gasteiger partial charge >= 0.3 is 0 Å². The molecule has 2 amide bonds. The Labute approximate surface area is 163 Å². The van der Waals surface area contributed by atoms with Crippen LogP contribution in [0.1, 0.15) is 56.1 Å². The van der Waals surface area contributed by atoms with E-state index in [1.807, 2.05) is 42.2 Å². The van der Waals surface area contributed by atoms with Crippen LogP contribution in [0.2, 0.25) is 0 Å². The first kappa shape index (κ1) is 19.9. The minimum absolute atomic E-state index is 0.139. The number of hydrogen-bond acceptors (Lipinski definition) is 3. The molecule has 0 bridgehead atoms. The molecule has 2 aliphatic rings. The number of piperidine rings is 2. The van der Waals surface area contributed by atoms with E-state index in [1.54, 1.807) is 0 Å². The normalized spacial score (nSPS) is 20.1. The quantitative estimate of drug-likeness (QED) is 0.796. The maximum Gasteiger partial charge on any atom is 0.270 e. The van der Waals surface area contributed by atoms with Crippen LogP contribution >= 0.6 is 0 Å². The number of likely N-dealkylation sites (tertiary alicyclic amines) is 2. The van der Waals surface area contributed by atoms with Gasteiger partial charge in [0.25, 0.3) is 5.91 Å². The van der Waals surface area contributed by atoms with Gasteiger partial charge in [0, 0.05) is 51.4 Å². The molecule has 6 nitrogen and oxygen atoms in total. The van der Waals surface area contributed by atoms with Crippen molar-refractivity contribution in [3.63, 3.8) is 0 Å². The van der Waals surface area contributed by atoms with Gasteiger partial charge < -0.3 is 19.3 Å². The zero-order chi connectivity index (χ0) is 19.6. The van der Waals surface area contributed by atoms with Gasteiger partial charge in [-0.3, -0.25) is 9.59 Å². The molecule has 1 aromatic heterocycles. The zero-order valence-corrected chi connectivity index (χ0v) is 17.3. The summed E-state index contributed by atoms with van der Waals surface area (Å²) in [4.78, 5) is 31.5. The van der Waals surface area contributed by atoms with Crippen molar-refractivity contribution < 1.29 is 9.59 Å². The van der Waals surface area contributed by atoms with Crippen molar-refractivity contribution in [3.05, 3.63) is 24.0 Å². The molecule has 27 heavy (non-hydrogen) atoms. The predicted octanol–water partition coefficient (Wildman–Crippen LogP) is 2.48. The lowest BCUT2D eigenvalue weighted by Crippen LogP contribution is -2.53. The van der Waals surface area contributed by atoms with Crippen LogP contribution in [0.5, 0.6) is 0 Å². The molecule has 0 aromatic carbocycles. The van der Waals surface area contributed by atoms with Crippen LogP contribution in [0.25, 0.3) is 0 Å². The number of carbonyl (C=O) groups is 2. The Morgan fingerprint density at radius 2 is 1.93 bits per heavy atom. The maximum atomic E-state index is 13.0. The number of aromatic nitrogens is 1. The van der Waals surface area contributed by atoms with Gasteiger partial charge in [-0.2, -0.15) is 0 Å². The number of rotatable bonds is 5. The summed E-state index contributed by atoms with van der Waals surface area (Å²) in [6.45, 7) is 8.34. The Kier molecular flexibility index (Phi) is 5.94. The van der Waals surface area contributed by atoms with E-state index in [1.165, 1.54) is 0 Å². The molecule has 150 valence electrons. The topological polar surface area (TPSA) is 48.8 Å². The van der Waals surface area contributed by atoms with Gasteiger partial charge in [0.2, 0.25) is 5.91 Å². The largest absolute Gasteiger partial charge is 0.341 e. The van der Waals surface area contributed by atoms with Gasteiger partial charge in [0.05, 0.1) is 0 Å². The number of hydrogen-bond donors (Lipinski definition) is 0. The summed E-state index contributed by atoms with van der Waals surface area (Å²) >= 11 is 0. The molecule has 0 unspecified atom stereocenters. The van der Waals surface area contributed by atoms with E-state index in [0.717, 1.165) is 57.7 Å². The lowest BCUT2D eigenvalue weighted by Gasteiger charge is -2.47. The third-order valence-electron chi connectivity index (χ3n) is 6.23. The second kappa shape index (κ2) is 8.05. The number of amides is 2. The number of nitrogens with zero attached hydrogens (tertiary/aromatic N) is 4. The first-order chi connectivity index (χ1) is 12.8. The minimum atomic E-state index is 0.139. The molecule has 1 spiro atoms. The van der Waals surface area contributed by atoms with Crippen molar-refractivity contribution in [2.24, 2.45) is 5.41 Å². The summed E-state index contributed by atoms with van der Waals surface area (Å²) in [7, 11) is 4.09. The fourth-order valence-corrected chi connectivity index (χ4v) is 4.41. The van der Waals surface area contributed by atoms with E-state index in [0.29, 0.717) is 6.42 Å². The zero-order valence-electron chi connectivity index (χ0n) is 17.3. The van der Waals surface area contributed by atoms with Crippen LogP contribution in [0.15, 0.2) is 18.3 Å². The van der Waals surface area contributed by atoms with E-state index < -0.39 is 0 Å². The number of carbonyl (C=O) groups excluding carboxylic acids is 2. The summed E-state index contributed by atoms with van der Waals surface area (Å²) in [5, 5.41) is 0. The lowest BCUT2D eigenvalue weighted by molar-refractivity contribution is -0.139. The minimum Gasteiger partial charge on any atom is -0.341 e. The summed E-state index contributed by atoms with van der Waals surface area (Å²) in [6, 6.07) is 4.16. The highest BCUT2D eigenvalue weighted by Crippen LogP contribution is 2.40. The molecule has 0 radical (unpaired) electrons. The highest BCUT2D eigenvalue weighted by Gasteiger charge is 2.41. The Balaban J connectivity index is 1.61. The Morgan fingerprint density at radius 3 is 2.56 bits per heavy atom. The second-order valence-electron chi connectivity index (χ2n) is 8.81. The van der Waals surface area contributed by atoms with Crippen molar-refractivity contribution in [1.82, 2.24) is 19.3 Å². The van der Waals surface area contributed by atoms with Crippen LogP contribution in [-0.4, -0.2) is 77.9 Å². The molecule has 2 aliphatic heterocycles. The van der Waals surface area contributed by atoms with Gasteiger partial charge in [-0.15, -0.1) is 0 Å². The standard InChI is InChI=1S/C21H34N4O2/c1-17(2)25-11-5-6-18(25)20(27)23-12-9-21(10-13-23)8-7-19(26)24(16-21)15-14-22(3)4/h5-6,11,17H,7-10,12-16H2,1-4H3. The molecule has 6 heteroatoms. The Hall–Kier alpha value is -1.82. The van der Waals surface area contributed by atoms with Crippen molar-refractivity contribution in [1.29, 1.82) is 0 Å². The van der Waals surface area contributed by atoms with Gasteiger partial charge in [0.1, 0.15) is 5.69 Å². The van der Waals surface area contributed by atoms with Crippen LogP contribution in [0.3, 0.4) is 0 Å². The van der Waals surface area contributed by atoms with E-state index in [4.69, 9.17) is 0 Å². The molecule has 0 N–H and O–H groups in total. The molecule has 0 atom stereocenters. The van der Waals surface area contributed by atoms with Crippen molar-refractivity contribution in [2.45, 2.75) is 45.6 Å². The molecule has 3 rings (SSSR count). The first-order valence-corrected chi connectivity index (χ1v) is 10.2. The molecular formula is C21H34N4O2. The summed E-state index contributed by atoms with van der Waals surface area (Å²) in [5.41, 5.74) is 0.976. The molecule has 3 heterocycles. The fourth-order valence-electron chi connectivity index (χ4n) is 4.41. The molecule has 1 aromatic rings. The first-order valence-electron chi connectivity index (χ1n) is 10.2. The average molecular weight is 375 g/mol. The van der Waals surface area contributed by atoms with Crippen LogP contribution in [0.4, 0.5) is 0 Å². The SMILES string of the molecule is CC(C)n1cccc1C(=O)N1CCC2(CCC(=O)N(CCN(C)C)C2)CC1. The maximum absolute atomic E-state index is 13.0. The summed E-state index contributed by atoms with van der Waals surface area (Å²) < 4.78 is 2.05. The van der Waals surface area contributed by atoms with Gasteiger partial charge in [-0.25, -0.2) is 0 Å². The van der Waals surface area contributed by atoms with Gasteiger partial charge in [0.15, 0.2) is 0 Å².